The number of benzene rings is 2. The largest absolute Gasteiger partial charge is 0.352 e. The number of hydrogen-bond donors (Lipinski definition) is 1. The van der Waals surface area contributed by atoms with Crippen molar-refractivity contribution in [3.05, 3.63) is 64.1 Å². The Balaban J connectivity index is 1.62. The van der Waals surface area contributed by atoms with Crippen LogP contribution in [0.2, 0.25) is 10.0 Å². The van der Waals surface area contributed by atoms with E-state index in [1.54, 1.807) is 12.1 Å². The van der Waals surface area contributed by atoms with Crippen LogP contribution in [0.1, 0.15) is 38.2 Å². The Bertz CT molecular complexity index is 1050. The predicted molar refractivity (Wildman–Crippen MR) is 127 cm³/mol. The Morgan fingerprint density at radius 1 is 1.16 bits per heavy atom. The number of amides is 1. The van der Waals surface area contributed by atoms with Crippen LogP contribution >= 0.6 is 35.0 Å². The molecule has 0 bridgehead atoms. The summed E-state index contributed by atoms with van der Waals surface area (Å²) in [5.41, 5.74) is 1.86. The molecule has 4 rings (SSSR count). The Kier molecular flexibility index (Phi) is 7.20. The van der Waals surface area contributed by atoms with Crippen molar-refractivity contribution in [2.24, 2.45) is 0 Å². The summed E-state index contributed by atoms with van der Waals surface area (Å²) >= 11 is 14.0. The van der Waals surface area contributed by atoms with Crippen LogP contribution in [-0.2, 0) is 11.3 Å². The van der Waals surface area contributed by atoms with Crippen LogP contribution in [-0.4, -0.2) is 32.0 Å². The van der Waals surface area contributed by atoms with Gasteiger partial charge in [0.1, 0.15) is 0 Å². The molecule has 1 atom stereocenters. The predicted octanol–water partition coefficient (Wildman–Crippen LogP) is 5.84. The van der Waals surface area contributed by atoms with Crippen LogP contribution in [0, 0.1) is 0 Å². The van der Waals surface area contributed by atoms with Gasteiger partial charge in [0.15, 0.2) is 11.0 Å². The lowest BCUT2D eigenvalue weighted by molar-refractivity contribution is -0.120. The van der Waals surface area contributed by atoms with Crippen LogP contribution in [0.4, 0.5) is 0 Å². The number of carbonyl (C=O) groups is 1. The second-order valence-electron chi connectivity index (χ2n) is 7.75. The fourth-order valence-electron chi connectivity index (χ4n) is 3.75. The first-order valence-electron chi connectivity index (χ1n) is 10.4. The molecule has 1 saturated carbocycles. The number of nitrogens with zero attached hydrogens (tertiary/aromatic N) is 3. The van der Waals surface area contributed by atoms with Gasteiger partial charge in [-0.3, -0.25) is 9.36 Å². The Hall–Kier alpha value is -2.02. The second kappa shape index (κ2) is 10.1. The van der Waals surface area contributed by atoms with Crippen LogP contribution < -0.4 is 5.32 Å². The van der Waals surface area contributed by atoms with E-state index in [0.29, 0.717) is 33.6 Å². The van der Waals surface area contributed by atoms with Gasteiger partial charge in [0.05, 0.1) is 16.8 Å². The third kappa shape index (κ3) is 5.43. The summed E-state index contributed by atoms with van der Waals surface area (Å²) in [4.78, 5) is 12.7. The van der Waals surface area contributed by atoms with E-state index in [2.05, 4.69) is 27.6 Å². The third-order valence-corrected chi connectivity index (χ3v) is 7.05. The summed E-state index contributed by atoms with van der Waals surface area (Å²) in [7, 11) is 0. The van der Waals surface area contributed by atoms with Gasteiger partial charge in [-0.2, -0.15) is 0 Å². The van der Waals surface area contributed by atoms with Crippen LogP contribution in [0.15, 0.2) is 53.7 Å². The molecule has 2 aromatic carbocycles. The fraction of sp³-hybridized carbons (Fsp3) is 0.348. The van der Waals surface area contributed by atoms with E-state index in [-0.39, 0.29) is 11.2 Å². The van der Waals surface area contributed by atoms with Gasteiger partial charge in [-0.15, -0.1) is 10.2 Å². The number of nitrogens with one attached hydrogen (secondary N) is 1. The summed E-state index contributed by atoms with van der Waals surface area (Å²) in [5, 5.41) is 13.5. The molecule has 1 heterocycles. The Morgan fingerprint density at radius 2 is 1.90 bits per heavy atom. The Morgan fingerprint density at radius 3 is 2.61 bits per heavy atom. The van der Waals surface area contributed by atoms with Crippen LogP contribution in [0.5, 0.6) is 0 Å². The van der Waals surface area contributed by atoms with Crippen LogP contribution in [0.25, 0.3) is 11.4 Å². The smallest absolute Gasteiger partial charge is 0.233 e. The molecule has 1 fully saturated rings. The molecule has 31 heavy (non-hydrogen) atoms. The zero-order valence-electron chi connectivity index (χ0n) is 17.2. The molecule has 0 radical (unpaired) electrons. The molecule has 1 unspecified atom stereocenters. The molecule has 162 valence electrons. The van der Waals surface area contributed by atoms with Crippen molar-refractivity contribution in [1.29, 1.82) is 0 Å². The molecule has 3 aromatic rings. The molecule has 5 nitrogen and oxygen atoms in total. The molecule has 1 aromatic heterocycles. The van der Waals surface area contributed by atoms with Crippen molar-refractivity contribution in [1.82, 2.24) is 20.1 Å². The molecule has 0 spiro atoms. The van der Waals surface area contributed by atoms with Crippen molar-refractivity contribution in [2.45, 2.75) is 55.6 Å². The average Bonchev–Trinajstić information content (AvgIpc) is 3.39. The molecule has 0 saturated heterocycles. The topological polar surface area (TPSA) is 59.8 Å². The maximum atomic E-state index is 12.7. The van der Waals surface area contributed by atoms with Gasteiger partial charge in [0.25, 0.3) is 0 Å². The van der Waals surface area contributed by atoms with E-state index < -0.39 is 0 Å². The minimum Gasteiger partial charge on any atom is -0.352 e. The fourth-order valence-corrected chi connectivity index (χ4v) is 5.11. The van der Waals surface area contributed by atoms with Gasteiger partial charge in [-0.05, 0) is 43.5 Å². The molecule has 0 aliphatic heterocycles. The van der Waals surface area contributed by atoms with Crippen molar-refractivity contribution >= 4 is 40.9 Å². The lowest BCUT2D eigenvalue weighted by atomic mass is 10.2. The van der Waals surface area contributed by atoms with E-state index in [9.17, 15) is 4.79 Å². The van der Waals surface area contributed by atoms with Gasteiger partial charge in [0, 0.05) is 16.6 Å². The summed E-state index contributed by atoms with van der Waals surface area (Å²) < 4.78 is 2.01. The minimum absolute atomic E-state index is 0.0391. The number of halogens is 2. The van der Waals surface area contributed by atoms with E-state index >= 15 is 0 Å². The first-order valence-corrected chi connectivity index (χ1v) is 12.0. The van der Waals surface area contributed by atoms with Gasteiger partial charge < -0.3 is 5.32 Å². The molecule has 8 heteroatoms. The number of carbonyl (C=O) groups excluding carboxylic acids is 1. The van der Waals surface area contributed by atoms with Crippen LogP contribution in [0.3, 0.4) is 0 Å². The maximum Gasteiger partial charge on any atom is 0.233 e. The summed E-state index contributed by atoms with van der Waals surface area (Å²) in [6, 6.07) is 15.7. The molecular formula is C23H24Cl2N4OS. The SMILES string of the molecule is CC(Sc1nnc(-c2ccc(Cl)cc2Cl)n1Cc1ccccc1)C(=O)NC1CCCC1. The number of rotatable bonds is 7. The van der Waals surface area contributed by atoms with Gasteiger partial charge in [-0.1, -0.05) is 78.1 Å². The lowest BCUT2D eigenvalue weighted by Crippen LogP contribution is -2.37. The highest BCUT2D eigenvalue weighted by Crippen LogP contribution is 2.33. The quantitative estimate of drug-likeness (QED) is 0.436. The minimum atomic E-state index is -0.284. The summed E-state index contributed by atoms with van der Waals surface area (Å²) in [6.07, 6.45) is 4.49. The Labute approximate surface area is 196 Å². The van der Waals surface area contributed by atoms with Crippen molar-refractivity contribution in [2.75, 3.05) is 0 Å². The number of hydrogen-bond acceptors (Lipinski definition) is 4. The van der Waals surface area contributed by atoms with Gasteiger partial charge >= 0.3 is 0 Å². The first kappa shape index (κ1) is 22.2. The first-order chi connectivity index (χ1) is 15.0. The summed E-state index contributed by atoms with van der Waals surface area (Å²) in [5.74, 6) is 0.689. The average molecular weight is 475 g/mol. The zero-order valence-corrected chi connectivity index (χ0v) is 19.6. The van der Waals surface area contributed by atoms with Crippen molar-refractivity contribution in [3.8, 4) is 11.4 Å². The molecule has 1 amide bonds. The molecule has 1 N–H and O–H groups in total. The zero-order chi connectivity index (χ0) is 21.8. The van der Waals surface area contributed by atoms with E-state index in [0.717, 1.165) is 24.0 Å². The van der Waals surface area contributed by atoms with Crippen molar-refractivity contribution in [3.63, 3.8) is 0 Å². The highest BCUT2D eigenvalue weighted by molar-refractivity contribution is 8.00. The molecular weight excluding hydrogens is 451 g/mol. The second-order valence-corrected chi connectivity index (χ2v) is 9.90. The number of aromatic nitrogens is 3. The van der Waals surface area contributed by atoms with Gasteiger partial charge in [0.2, 0.25) is 5.91 Å². The molecule has 1 aliphatic carbocycles. The standard InChI is InChI=1S/C23H24Cl2N4OS/c1-15(22(30)26-18-9-5-6-10-18)31-23-28-27-21(19-12-11-17(24)13-20(19)25)29(23)14-16-7-3-2-4-8-16/h2-4,7-8,11-13,15,18H,5-6,9-10,14H2,1H3,(H,26,30). The highest BCUT2D eigenvalue weighted by atomic mass is 35.5. The normalized spacial score (nSPS) is 15.2. The van der Waals surface area contributed by atoms with Crippen molar-refractivity contribution < 1.29 is 4.79 Å². The third-order valence-electron chi connectivity index (χ3n) is 5.43. The lowest BCUT2D eigenvalue weighted by Gasteiger charge is -2.17. The van der Waals surface area contributed by atoms with E-state index in [1.165, 1.54) is 24.6 Å². The molecule has 1 aliphatic rings. The number of thioether (sulfide) groups is 1. The van der Waals surface area contributed by atoms with E-state index in [4.69, 9.17) is 23.2 Å². The monoisotopic (exact) mass is 474 g/mol. The highest BCUT2D eigenvalue weighted by Gasteiger charge is 2.24. The van der Waals surface area contributed by atoms with Gasteiger partial charge in [-0.25, -0.2) is 0 Å². The maximum absolute atomic E-state index is 12.7. The van der Waals surface area contributed by atoms with E-state index in [1.807, 2.05) is 35.8 Å². The summed E-state index contributed by atoms with van der Waals surface area (Å²) in [6.45, 7) is 2.48.